The van der Waals surface area contributed by atoms with Crippen molar-refractivity contribution in [2.75, 3.05) is 18.0 Å². The summed E-state index contributed by atoms with van der Waals surface area (Å²) in [7, 11) is 0. The maximum Gasteiger partial charge on any atom is 0.308 e. The van der Waals surface area contributed by atoms with Crippen LogP contribution in [0.25, 0.3) is 0 Å². The summed E-state index contributed by atoms with van der Waals surface area (Å²) < 4.78 is 5.81. The molecule has 1 aromatic heterocycles. The average molecular weight is 341 g/mol. The zero-order chi connectivity index (χ0) is 17.8. The first kappa shape index (κ1) is 17.2. The molecule has 6 heteroatoms. The minimum atomic E-state index is -0.759. The van der Waals surface area contributed by atoms with Gasteiger partial charge < -0.3 is 14.7 Å². The van der Waals surface area contributed by atoms with E-state index in [9.17, 15) is 9.90 Å². The highest BCUT2D eigenvalue weighted by Gasteiger charge is 2.31. The van der Waals surface area contributed by atoms with Crippen LogP contribution in [0.1, 0.15) is 24.6 Å². The Morgan fingerprint density at radius 1 is 1.28 bits per heavy atom. The van der Waals surface area contributed by atoms with Gasteiger partial charge in [-0.1, -0.05) is 37.3 Å². The largest absolute Gasteiger partial charge is 0.481 e. The molecule has 2 aromatic rings. The molecular weight excluding hydrogens is 318 g/mol. The highest BCUT2D eigenvalue weighted by atomic mass is 16.5. The van der Waals surface area contributed by atoms with Crippen LogP contribution in [0.5, 0.6) is 5.88 Å². The molecule has 6 nitrogen and oxygen atoms in total. The Morgan fingerprint density at radius 2 is 2.04 bits per heavy atom. The average Bonchev–Trinajstić information content (AvgIpc) is 2.60. The van der Waals surface area contributed by atoms with Gasteiger partial charge in [-0.25, -0.2) is 4.98 Å². The maximum absolute atomic E-state index is 11.4. The summed E-state index contributed by atoms with van der Waals surface area (Å²) in [5, 5.41) is 9.35. The predicted octanol–water partition coefficient (Wildman–Crippen LogP) is 2.91. The molecule has 1 N–H and O–H groups in total. The third-order valence-corrected chi connectivity index (χ3v) is 4.34. The first-order valence-corrected chi connectivity index (χ1v) is 8.51. The predicted molar refractivity (Wildman–Crippen MR) is 94.7 cm³/mol. The van der Waals surface area contributed by atoms with E-state index in [1.165, 1.54) is 0 Å². The Bertz CT molecular complexity index is 736. The zero-order valence-electron chi connectivity index (χ0n) is 14.6. The van der Waals surface area contributed by atoms with Crippen molar-refractivity contribution in [1.82, 2.24) is 9.97 Å². The van der Waals surface area contributed by atoms with E-state index >= 15 is 0 Å². The molecule has 25 heavy (non-hydrogen) atoms. The van der Waals surface area contributed by atoms with E-state index in [2.05, 4.69) is 16.9 Å². The van der Waals surface area contributed by atoms with Crippen molar-refractivity contribution in [3.05, 3.63) is 47.7 Å². The van der Waals surface area contributed by atoms with Gasteiger partial charge in [0.15, 0.2) is 0 Å². The van der Waals surface area contributed by atoms with Crippen molar-refractivity contribution in [2.45, 2.75) is 26.9 Å². The van der Waals surface area contributed by atoms with Crippen molar-refractivity contribution in [3.8, 4) is 5.88 Å². The summed E-state index contributed by atoms with van der Waals surface area (Å²) in [6, 6.07) is 11.7. The molecule has 0 aliphatic carbocycles. The number of ether oxygens (including phenoxy) is 1. The number of aryl methyl sites for hydroxylation is 1. The number of carbonyl (C=O) groups is 1. The number of nitrogens with zero attached hydrogens (tertiary/aromatic N) is 3. The molecule has 0 amide bonds. The fraction of sp³-hybridized carbons (Fsp3) is 0.421. The van der Waals surface area contributed by atoms with Crippen molar-refractivity contribution >= 4 is 11.9 Å². The van der Waals surface area contributed by atoms with Gasteiger partial charge in [0, 0.05) is 24.8 Å². The number of rotatable bonds is 5. The minimum Gasteiger partial charge on any atom is -0.481 e. The maximum atomic E-state index is 11.4. The van der Waals surface area contributed by atoms with Crippen LogP contribution < -0.4 is 9.64 Å². The molecule has 1 aromatic carbocycles. The molecule has 0 radical (unpaired) electrons. The quantitative estimate of drug-likeness (QED) is 0.901. The first-order chi connectivity index (χ1) is 12.0. The number of anilines is 1. The molecule has 1 aliphatic rings. The molecule has 1 saturated heterocycles. The first-order valence-electron chi connectivity index (χ1n) is 8.51. The molecular formula is C19H23N3O3. The van der Waals surface area contributed by atoms with Crippen LogP contribution in [0.4, 0.5) is 5.95 Å². The van der Waals surface area contributed by atoms with Gasteiger partial charge >= 0.3 is 5.97 Å². The van der Waals surface area contributed by atoms with Crippen molar-refractivity contribution in [2.24, 2.45) is 11.8 Å². The smallest absolute Gasteiger partial charge is 0.308 e. The van der Waals surface area contributed by atoms with Crippen molar-refractivity contribution in [3.63, 3.8) is 0 Å². The summed E-state index contributed by atoms with van der Waals surface area (Å²) in [5.41, 5.74) is 1.87. The monoisotopic (exact) mass is 341 g/mol. The molecule has 1 aliphatic heterocycles. The fourth-order valence-electron chi connectivity index (χ4n) is 3.17. The van der Waals surface area contributed by atoms with Gasteiger partial charge in [0.25, 0.3) is 0 Å². The lowest BCUT2D eigenvalue weighted by molar-refractivity contribution is -0.142. The Kier molecular flexibility index (Phi) is 5.16. The Balaban J connectivity index is 1.75. The molecule has 0 bridgehead atoms. The van der Waals surface area contributed by atoms with Crippen LogP contribution in [0.15, 0.2) is 36.4 Å². The second kappa shape index (κ2) is 7.51. The van der Waals surface area contributed by atoms with E-state index in [1.54, 1.807) is 6.07 Å². The Labute approximate surface area is 147 Å². The van der Waals surface area contributed by atoms with E-state index in [-0.39, 0.29) is 11.8 Å². The number of piperidine rings is 1. The van der Waals surface area contributed by atoms with Crippen LogP contribution in [-0.4, -0.2) is 34.1 Å². The van der Waals surface area contributed by atoms with Crippen molar-refractivity contribution in [1.29, 1.82) is 0 Å². The lowest BCUT2D eigenvalue weighted by Gasteiger charge is -2.34. The molecule has 2 atom stereocenters. The second-order valence-corrected chi connectivity index (χ2v) is 6.70. The molecule has 3 rings (SSSR count). The number of aromatic nitrogens is 2. The van der Waals surface area contributed by atoms with Crippen LogP contribution in [0, 0.1) is 18.8 Å². The summed E-state index contributed by atoms with van der Waals surface area (Å²) >= 11 is 0. The minimum absolute atomic E-state index is 0.285. The third-order valence-electron chi connectivity index (χ3n) is 4.34. The summed E-state index contributed by atoms with van der Waals surface area (Å²) in [6.07, 6.45) is 0.689. The molecule has 132 valence electrons. The lowest BCUT2D eigenvalue weighted by atomic mass is 9.91. The number of carboxylic acids is 1. The summed E-state index contributed by atoms with van der Waals surface area (Å²) in [4.78, 5) is 22.3. The van der Waals surface area contributed by atoms with Gasteiger partial charge in [0.05, 0.1) is 5.92 Å². The Morgan fingerprint density at radius 3 is 2.76 bits per heavy atom. The number of carboxylic acid groups (broad SMARTS) is 1. The second-order valence-electron chi connectivity index (χ2n) is 6.70. The zero-order valence-corrected chi connectivity index (χ0v) is 14.6. The summed E-state index contributed by atoms with van der Waals surface area (Å²) in [5.74, 6) is 0.191. The highest BCUT2D eigenvalue weighted by Crippen LogP contribution is 2.26. The molecule has 1 fully saturated rings. The topological polar surface area (TPSA) is 75.5 Å². The van der Waals surface area contributed by atoms with Crippen molar-refractivity contribution < 1.29 is 14.6 Å². The fourth-order valence-corrected chi connectivity index (χ4v) is 3.17. The normalized spacial score (nSPS) is 20.3. The number of hydrogen-bond acceptors (Lipinski definition) is 5. The lowest BCUT2D eigenvalue weighted by Crippen LogP contribution is -2.43. The molecule has 2 heterocycles. The molecule has 0 spiro atoms. The Hall–Kier alpha value is -2.63. The standard InChI is InChI=1S/C19H23N3O3/c1-13-8-16(18(23)24)11-22(10-13)19-20-14(2)9-17(21-19)25-12-15-6-4-3-5-7-15/h3-7,9,13,16H,8,10-12H2,1-2H3,(H,23,24). The van der Waals surface area contributed by atoms with Gasteiger partial charge in [-0.3, -0.25) is 4.79 Å². The van der Waals surface area contributed by atoms with Gasteiger partial charge in [-0.05, 0) is 24.8 Å². The number of hydrogen-bond donors (Lipinski definition) is 1. The molecule has 0 saturated carbocycles. The SMILES string of the molecule is Cc1cc(OCc2ccccc2)nc(N2CC(C)CC(C(=O)O)C2)n1. The van der Waals surface area contributed by atoms with Gasteiger partial charge in [-0.2, -0.15) is 4.98 Å². The van der Waals surface area contributed by atoms with Gasteiger partial charge in [-0.15, -0.1) is 0 Å². The van der Waals surface area contributed by atoms with E-state index in [1.807, 2.05) is 42.2 Å². The van der Waals surface area contributed by atoms with Crippen LogP contribution >= 0.6 is 0 Å². The van der Waals surface area contributed by atoms with Crippen LogP contribution in [0.2, 0.25) is 0 Å². The summed E-state index contributed by atoms with van der Waals surface area (Å²) in [6.45, 7) is 5.57. The third kappa shape index (κ3) is 4.47. The van der Waals surface area contributed by atoms with Gasteiger partial charge in [0.1, 0.15) is 6.61 Å². The molecule has 2 unspecified atom stereocenters. The number of benzene rings is 1. The van der Waals surface area contributed by atoms with E-state index in [4.69, 9.17) is 4.74 Å². The van der Waals surface area contributed by atoms with E-state index in [0.29, 0.717) is 31.4 Å². The van der Waals surface area contributed by atoms with Crippen LogP contribution in [0.3, 0.4) is 0 Å². The highest BCUT2D eigenvalue weighted by molar-refractivity contribution is 5.71. The number of aliphatic carboxylic acids is 1. The van der Waals surface area contributed by atoms with E-state index in [0.717, 1.165) is 17.8 Å². The van der Waals surface area contributed by atoms with Crippen LogP contribution in [-0.2, 0) is 11.4 Å². The van der Waals surface area contributed by atoms with Gasteiger partial charge in [0.2, 0.25) is 11.8 Å². The van der Waals surface area contributed by atoms with E-state index < -0.39 is 5.97 Å².